The van der Waals surface area contributed by atoms with E-state index < -0.39 is 17.7 Å². The van der Waals surface area contributed by atoms with Crippen LogP contribution in [0.15, 0.2) is 66.4 Å². The van der Waals surface area contributed by atoms with Crippen molar-refractivity contribution in [3.63, 3.8) is 0 Å². The minimum atomic E-state index is -0.754. The van der Waals surface area contributed by atoms with Crippen LogP contribution in [0.1, 0.15) is 22.9 Å². The van der Waals surface area contributed by atoms with Gasteiger partial charge in [-0.25, -0.2) is 4.68 Å². The lowest BCUT2D eigenvalue weighted by Gasteiger charge is -2.31. The maximum atomic E-state index is 13.4. The van der Waals surface area contributed by atoms with Crippen LogP contribution >= 0.6 is 0 Å². The van der Waals surface area contributed by atoms with Crippen molar-refractivity contribution < 1.29 is 24.2 Å². The van der Waals surface area contributed by atoms with Crippen molar-refractivity contribution in [1.29, 1.82) is 0 Å². The Bertz CT molecular complexity index is 1330. The molecule has 1 amide bonds. The van der Waals surface area contributed by atoms with Gasteiger partial charge in [-0.05, 0) is 36.8 Å². The minimum Gasteiger partial charge on any atom is -0.507 e. The van der Waals surface area contributed by atoms with E-state index in [1.807, 2.05) is 49.4 Å². The molecule has 3 heterocycles. The van der Waals surface area contributed by atoms with Gasteiger partial charge in [-0.15, -0.1) is 0 Å². The number of amides is 1. The van der Waals surface area contributed by atoms with E-state index in [1.165, 1.54) is 6.20 Å². The molecule has 0 bridgehead atoms. The molecular formula is C28H30N4O5. The number of hydrogen-bond donors (Lipinski definition) is 1. The number of aliphatic hydroxyl groups is 1. The summed E-state index contributed by atoms with van der Waals surface area (Å²) in [5.74, 6) is -0.973. The van der Waals surface area contributed by atoms with Gasteiger partial charge < -0.3 is 19.5 Å². The second kappa shape index (κ2) is 10.6. The topological polar surface area (TPSA) is 97.1 Å². The second-order valence-corrected chi connectivity index (χ2v) is 9.11. The number of ketones is 1. The summed E-state index contributed by atoms with van der Waals surface area (Å²) in [4.78, 5) is 30.5. The Morgan fingerprint density at radius 2 is 1.84 bits per heavy atom. The highest BCUT2D eigenvalue weighted by Crippen LogP contribution is 2.40. The van der Waals surface area contributed by atoms with Gasteiger partial charge in [0.1, 0.15) is 11.5 Å². The molecule has 9 nitrogen and oxygen atoms in total. The Morgan fingerprint density at radius 1 is 1.08 bits per heavy atom. The molecule has 1 aromatic heterocycles. The van der Waals surface area contributed by atoms with Gasteiger partial charge in [-0.1, -0.05) is 30.3 Å². The summed E-state index contributed by atoms with van der Waals surface area (Å²) in [7, 11) is 1.57. The van der Waals surface area contributed by atoms with Crippen LogP contribution in [0.4, 0.5) is 0 Å². The smallest absolute Gasteiger partial charge is 0.295 e. The first kappa shape index (κ1) is 24.7. The molecule has 9 heteroatoms. The SMILES string of the molecule is COc1cccc([C@H]2C(=C(O)c3cnn(-c4ccccc4)c3C)C(=O)C(=O)N2CCN2CCOCC2)c1. The zero-order valence-electron chi connectivity index (χ0n) is 21.0. The van der Waals surface area contributed by atoms with Crippen LogP contribution in [0.25, 0.3) is 11.4 Å². The molecular weight excluding hydrogens is 472 g/mol. The number of Topliss-reactive ketones (excluding diaryl/α,β-unsaturated/α-hetero) is 1. The molecule has 3 aromatic rings. The average Bonchev–Trinajstić information content (AvgIpc) is 3.45. The van der Waals surface area contributed by atoms with Crippen molar-refractivity contribution in [3.05, 3.63) is 83.2 Å². The average molecular weight is 503 g/mol. The maximum absolute atomic E-state index is 13.4. The van der Waals surface area contributed by atoms with Crippen LogP contribution in [-0.2, 0) is 14.3 Å². The number of methoxy groups -OCH3 is 1. The van der Waals surface area contributed by atoms with Gasteiger partial charge in [0, 0.05) is 26.2 Å². The summed E-state index contributed by atoms with van der Waals surface area (Å²) in [5, 5.41) is 15.9. The molecule has 0 saturated carbocycles. The Balaban J connectivity index is 1.57. The molecule has 1 atom stereocenters. The van der Waals surface area contributed by atoms with Gasteiger partial charge in [0.05, 0.1) is 55.1 Å². The summed E-state index contributed by atoms with van der Waals surface area (Å²) < 4.78 is 12.5. The molecule has 2 saturated heterocycles. The zero-order chi connectivity index (χ0) is 25.9. The fourth-order valence-corrected chi connectivity index (χ4v) is 4.96. The molecule has 192 valence electrons. The van der Waals surface area contributed by atoms with Crippen LogP contribution in [0.2, 0.25) is 0 Å². The molecule has 0 radical (unpaired) electrons. The lowest BCUT2D eigenvalue weighted by Crippen LogP contribution is -2.42. The van der Waals surface area contributed by atoms with Crippen molar-refractivity contribution in [1.82, 2.24) is 19.6 Å². The number of ether oxygens (including phenoxy) is 2. The third-order valence-electron chi connectivity index (χ3n) is 6.98. The predicted octanol–water partition coefficient (Wildman–Crippen LogP) is 2.94. The Kier molecular flexibility index (Phi) is 7.07. The number of carbonyl (C=O) groups excluding carboxylic acids is 2. The van der Waals surface area contributed by atoms with Gasteiger partial charge in [0.2, 0.25) is 0 Å². The number of benzene rings is 2. The van der Waals surface area contributed by atoms with Crippen molar-refractivity contribution >= 4 is 17.4 Å². The summed E-state index contributed by atoms with van der Waals surface area (Å²) >= 11 is 0. The molecule has 2 aromatic carbocycles. The van der Waals surface area contributed by atoms with Crippen LogP contribution < -0.4 is 4.74 Å². The number of nitrogens with zero attached hydrogens (tertiary/aromatic N) is 4. The normalized spacial score (nSPS) is 19.9. The molecule has 2 aliphatic rings. The van der Waals surface area contributed by atoms with Crippen LogP contribution in [-0.4, -0.2) is 82.9 Å². The van der Waals surface area contributed by atoms with E-state index in [0.29, 0.717) is 48.9 Å². The summed E-state index contributed by atoms with van der Waals surface area (Å²) in [6, 6.07) is 16.0. The summed E-state index contributed by atoms with van der Waals surface area (Å²) in [6.07, 6.45) is 1.53. The third-order valence-corrected chi connectivity index (χ3v) is 6.98. The number of likely N-dealkylation sites (tertiary alicyclic amines) is 1. The molecule has 0 aliphatic carbocycles. The third kappa shape index (κ3) is 4.75. The largest absolute Gasteiger partial charge is 0.507 e. The lowest BCUT2D eigenvalue weighted by molar-refractivity contribution is -0.140. The highest BCUT2D eigenvalue weighted by molar-refractivity contribution is 6.46. The van der Waals surface area contributed by atoms with Gasteiger partial charge in [0.25, 0.3) is 11.7 Å². The number of para-hydroxylation sites is 1. The number of morpholine rings is 1. The Hall–Kier alpha value is -3.95. The highest BCUT2D eigenvalue weighted by Gasteiger charge is 2.46. The fraction of sp³-hybridized carbons (Fsp3) is 0.321. The van der Waals surface area contributed by atoms with E-state index in [0.717, 1.165) is 18.8 Å². The standard InChI is InChI=1S/C28H30N4O5/c1-19-23(18-29-32(19)21-8-4-3-5-9-21)26(33)24-25(20-7-6-10-22(17-20)36-2)31(28(35)27(24)34)12-11-30-13-15-37-16-14-30/h3-10,17-18,25,33H,11-16H2,1-2H3/t25-/m0/s1. The summed E-state index contributed by atoms with van der Waals surface area (Å²) in [5.41, 5.74) is 2.64. The fourth-order valence-electron chi connectivity index (χ4n) is 4.96. The molecule has 2 fully saturated rings. The molecule has 1 N–H and O–H groups in total. The lowest BCUT2D eigenvalue weighted by atomic mass is 9.95. The zero-order valence-corrected chi connectivity index (χ0v) is 21.0. The van der Waals surface area contributed by atoms with Crippen molar-refractivity contribution in [3.8, 4) is 11.4 Å². The van der Waals surface area contributed by atoms with Crippen LogP contribution in [0.5, 0.6) is 5.75 Å². The maximum Gasteiger partial charge on any atom is 0.295 e. The second-order valence-electron chi connectivity index (χ2n) is 9.11. The van der Waals surface area contributed by atoms with E-state index in [4.69, 9.17) is 9.47 Å². The summed E-state index contributed by atoms with van der Waals surface area (Å²) in [6.45, 7) is 5.58. The molecule has 0 spiro atoms. The van der Waals surface area contributed by atoms with Crippen molar-refractivity contribution in [2.24, 2.45) is 0 Å². The predicted molar refractivity (Wildman–Crippen MR) is 138 cm³/mol. The Labute approximate surface area is 215 Å². The molecule has 37 heavy (non-hydrogen) atoms. The number of hydrogen-bond acceptors (Lipinski definition) is 7. The van der Waals surface area contributed by atoms with E-state index in [1.54, 1.807) is 28.8 Å². The Morgan fingerprint density at radius 3 is 2.57 bits per heavy atom. The number of carbonyl (C=O) groups is 2. The van der Waals surface area contributed by atoms with Crippen molar-refractivity contribution in [2.75, 3.05) is 46.5 Å². The van der Waals surface area contributed by atoms with Gasteiger partial charge in [-0.2, -0.15) is 5.10 Å². The van der Waals surface area contributed by atoms with E-state index in [-0.39, 0.29) is 11.3 Å². The van der Waals surface area contributed by atoms with Crippen LogP contribution in [0, 0.1) is 6.92 Å². The first-order valence-electron chi connectivity index (χ1n) is 12.3. The van der Waals surface area contributed by atoms with E-state index in [2.05, 4.69) is 10.00 Å². The van der Waals surface area contributed by atoms with Crippen LogP contribution in [0.3, 0.4) is 0 Å². The minimum absolute atomic E-state index is 0.0518. The number of aromatic nitrogens is 2. The van der Waals surface area contributed by atoms with E-state index >= 15 is 0 Å². The van der Waals surface area contributed by atoms with Gasteiger partial charge >= 0.3 is 0 Å². The number of aliphatic hydroxyl groups excluding tert-OH is 1. The van der Waals surface area contributed by atoms with Crippen molar-refractivity contribution in [2.45, 2.75) is 13.0 Å². The first-order valence-corrected chi connectivity index (χ1v) is 12.3. The van der Waals surface area contributed by atoms with Gasteiger partial charge in [-0.3, -0.25) is 14.5 Å². The highest BCUT2D eigenvalue weighted by atomic mass is 16.5. The molecule has 2 aliphatic heterocycles. The molecule has 0 unspecified atom stereocenters. The number of rotatable bonds is 7. The monoisotopic (exact) mass is 502 g/mol. The molecule has 5 rings (SSSR count). The first-order chi connectivity index (χ1) is 18.0. The van der Waals surface area contributed by atoms with E-state index in [9.17, 15) is 14.7 Å². The quantitative estimate of drug-likeness (QED) is 0.301. The van der Waals surface area contributed by atoms with Gasteiger partial charge in [0.15, 0.2) is 0 Å².